The van der Waals surface area contributed by atoms with E-state index in [2.05, 4.69) is 57.7 Å². The smallest absolute Gasteiger partial charge is 0.497 e. The largest absolute Gasteiger partial charge is 0.586 e. The molecule has 0 radical (unpaired) electrons. The Morgan fingerprint density at radius 2 is 0.551 bits per heavy atom. The van der Waals surface area contributed by atoms with E-state index in [1.807, 2.05) is 148 Å². The number of nitrogens with zero attached hydrogens (tertiary/aromatic N) is 15. The summed E-state index contributed by atoms with van der Waals surface area (Å²) >= 11 is 32.1. The number of benzene rings is 5. The van der Waals surface area contributed by atoms with E-state index in [0.717, 1.165) is 203 Å². The molecule has 22 rings (SSSR count). The highest BCUT2D eigenvalue weighted by atomic mass is 35.5. The molecule has 0 unspecified atom stereocenters. The lowest BCUT2D eigenvalue weighted by atomic mass is 9.99. The van der Waals surface area contributed by atoms with Crippen molar-refractivity contribution in [2.24, 2.45) is 11.8 Å². The van der Waals surface area contributed by atoms with E-state index < -0.39 is 12.6 Å². The van der Waals surface area contributed by atoms with Crippen LogP contribution in [0.25, 0.3) is 83.6 Å². The second-order valence-corrected chi connectivity index (χ2v) is 36.9. The number of alkyl halides is 4. The van der Waals surface area contributed by atoms with Gasteiger partial charge in [0.05, 0.1) is 91.3 Å². The number of hydrogen-bond donors (Lipinski definition) is 0. The van der Waals surface area contributed by atoms with Crippen LogP contribution in [0.2, 0.25) is 25.1 Å². The first kappa shape index (κ1) is 95.0. The maximum absolute atomic E-state index is 13.3. The number of halogens is 9. The summed E-state index contributed by atoms with van der Waals surface area (Å²) in [5.41, 5.74) is 9.76. The second kappa shape index (κ2) is 40.8. The molecule has 0 saturated carbocycles. The standard InChI is InChI=1S/C21H18ClF2N3O3.C21H22ClN3O2.C20H16ClF2N3O3.2C20H20ClN3O2/c1-12-4-6-26(7-5-12)20(28)13-8-15-16(22)11-27(19(15)25-10-13)14-2-3-17-18(9-14)30-21(23,24)29-17;1-14-7-9-24(10-8-14)21(26)15-11-18-19(22)13-25(20(18)23-12-15)16-3-5-17(27-2)6-4-16;21-15-11-26(13-4-5-16-17(9-13)29-20(22,23)28-16)18-14(15)8-12(10-24-18)19(27)25-6-2-1-3-7-25;1-26-16-7-5-15(6-8-16)24-13-18(21)17-11-14(12-22-19(17)24)20(25)23-9-3-2-4-10-23;1-26-16-7-5-6-15(11-16)24-13-18(21)17-10-14(12-22-19(17)24)20(25)23-8-3-2-4-9-23/h2-3,8-12H,4-7H2,1H3;3-6,11-14H,7-10H2,1-2H3;4-5,8-11H,1-3,6-7H2;5-8,11-13H,2-4,9-10H2,1H3;5-7,10-13H,2-4,8-9H2,1H3. The number of hydrogen-bond acceptors (Lipinski definition) is 17. The Morgan fingerprint density at radius 3 is 0.826 bits per heavy atom. The van der Waals surface area contributed by atoms with Crippen LogP contribution in [0.5, 0.6) is 40.2 Å². The summed E-state index contributed by atoms with van der Waals surface area (Å²) in [5.74, 6) is 3.41. The predicted molar refractivity (Wildman–Crippen MR) is 520 cm³/mol. The van der Waals surface area contributed by atoms with Crippen molar-refractivity contribution in [2.75, 3.05) is 86.8 Å². The van der Waals surface area contributed by atoms with Crippen molar-refractivity contribution in [3.63, 3.8) is 0 Å². The predicted octanol–water partition coefficient (Wildman–Crippen LogP) is 22.7. The quantitative estimate of drug-likeness (QED) is 0.0972. The van der Waals surface area contributed by atoms with Gasteiger partial charge in [0, 0.05) is 184 Å². The molecular formula is C102H96Cl5F4N15O12. The van der Waals surface area contributed by atoms with E-state index in [9.17, 15) is 41.5 Å². The molecule has 10 aromatic heterocycles. The maximum atomic E-state index is 13.3. The van der Waals surface area contributed by atoms with E-state index in [0.29, 0.717) is 98.2 Å². The number of carbonyl (C=O) groups excluding carboxylic acids is 5. The average molecular weight is 1980 g/mol. The molecule has 27 nitrogen and oxygen atoms in total. The lowest BCUT2D eigenvalue weighted by Crippen LogP contribution is -2.37. The summed E-state index contributed by atoms with van der Waals surface area (Å²) < 4.78 is 95.9. The third-order valence-corrected chi connectivity index (χ3v) is 27.1. The van der Waals surface area contributed by atoms with Crippen molar-refractivity contribution in [1.29, 1.82) is 0 Å². The van der Waals surface area contributed by atoms with Crippen molar-refractivity contribution in [3.05, 3.63) is 254 Å². The zero-order valence-electron chi connectivity index (χ0n) is 76.0. The van der Waals surface area contributed by atoms with Gasteiger partial charge in [0.2, 0.25) is 0 Å². The Morgan fingerprint density at radius 1 is 0.304 bits per heavy atom. The Kier molecular flexibility index (Phi) is 28.1. The first-order valence-corrected chi connectivity index (χ1v) is 47.5. The summed E-state index contributed by atoms with van der Waals surface area (Å²) in [5, 5.41) is 6.10. The molecule has 7 aliphatic heterocycles. The minimum Gasteiger partial charge on any atom is -0.497 e. The van der Waals surface area contributed by atoms with Gasteiger partial charge < -0.3 is 57.7 Å². The molecule has 5 amide bonds. The van der Waals surface area contributed by atoms with E-state index in [1.54, 1.807) is 85.7 Å². The Balaban J connectivity index is 0.000000115. The summed E-state index contributed by atoms with van der Waals surface area (Å²) in [6.07, 6.45) is 23.2. The van der Waals surface area contributed by atoms with Crippen molar-refractivity contribution in [3.8, 4) is 68.7 Å². The van der Waals surface area contributed by atoms with Crippen LogP contribution >= 0.6 is 58.0 Å². The van der Waals surface area contributed by atoms with Gasteiger partial charge in [-0.05, 0) is 211 Å². The molecular weight excluding hydrogens is 1880 g/mol. The summed E-state index contributed by atoms with van der Waals surface area (Å²) in [7, 11) is 4.91. The number of carbonyl (C=O) groups is 5. The fourth-order valence-electron chi connectivity index (χ4n) is 18.0. The maximum Gasteiger partial charge on any atom is 0.586 e. The van der Waals surface area contributed by atoms with Crippen LogP contribution in [0, 0.1) is 11.8 Å². The van der Waals surface area contributed by atoms with Gasteiger partial charge in [0.15, 0.2) is 23.0 Å². The number of rotatable bonds is 13. The number of aromatic nitrogens is 10. The average Bonchev–Trinajstić information content (AvgIpc) is 1.64. The van der Waals surface area contributed by atoms with E-state index in [-0.39, 0.29) is 52.5 Å². The molecule has 0 aliphatic carbocycles. The Labute approximate surface area is 816 Å². The van der Waals surface area contributed by atoms with Gasteiger partial charge in [0.25, 0.3) is 29.5 Å². The normalized spacial score (nSPS) is 16.2. The highest BCUT2D eigenvalue weighted by Gasteiger charge is 2.45. The van der Waals surface area contributed by atoms with Gasteiger partial charge in [0.1, 0.15) is 45.5 Å². The molecule has 0 bridgehead atoms. The van der Waals surface area contributed by atoms with Gasteiger partial charge in [-0.15, -0.1) is 17.6 Å². The van der Waals surface area contributed by atoms with Crippen LogP contribution in [-0.2, 0) is 0 Å². The van der Waals surface area contributed by atoms with Gasteiger partial charge in [-0.25, -0.2) is 24.9 Å². The molecule has 5 fully saturated rings. The number of fused-ring (bicyclic) bond motifs is 7. The number of amides is 5. The lowest BCUT2D eigenvalue weighted by Gasteiger charge is -2.30. The fraction of sp³-hybridized carbons (Fsp3) is 0.314. The number of likely N-dealkylation sites (tertiary alicyclic amines) is 5. The van der Waals surface area contributed by atoms with E-state index >= 15 is 0 Å². The molecule has 5 saturated heterocycles. The third kappa shape index (κ3) is 20.5. The topological polar surface area (TPSA) is 255 Å². The van der Waals surface area contributed by atoms with Crippen LogP contribution in [0.1, 0.15) is 149 Å². The van der Waals surface area contributed by atoms with Crippen LogP contribution in [-0.4, -0.2) is 201 Å². The minimum atomic E-state index is -3.68. The molecule has 7 aliphatic rings. The van der Waals surface area contributed by atoms with Crippen LogP contribution in [0.3, 0.4) is 0 Å². The van der Waals surface area contributed by atoms with Crippen LogP contribution in [0.15, 0.2) is 201 Å². The molecule has 0 N–H and O–H groups in total. The molecule has 15 aromatic rings. The van der Waals surface area contributed by atoms with Crippen LogP contribution < -0.4 is 33.2 Å². The van der Waals surface area contributed by atoms with Crippen molar-refractivity contribution < 1.29 is 74.7 Å². The first-order chi connectivity index (χ1) is 66.6. The van der Waals surface area contributed by atoms with Crippen molar-refractivity contribution in [2.45, 2.75) is 110 Å². The monoisotopic (exact) mass is 1970 g/mol. The highest BCUT2D eigenvalue weighted by Crippen LogP contribution is 2.46. The molecule has 0 atom stereocenters. The third-order valence-electron chi connectivity index (χ3n) is 25.6. The van der Waals surface area contributed by atoms with E-state index in [4.69, 9.17) is 72.2 Å². The number of pyridine rings is 5. The lowest BCUT2D eigenvalue weighted by molar-refractivity contribution is -0.287. The first-order valence-electron chi connectivity index (χ1n) is 45.7. The zero-order chi connectivity index (χ0) is 96.4. The molecule has 36 heteroatoms. The van der Waals surface area contributed by atoms with Gasteiger partial charge in [-0.2, -0.15) is 0 Å². The zero-order valence-corrected chi connectivity index (χ0v) is 79.8. The summed E-state index contributed by atoms with van der Waals surface area (Å²) in [6, 6.07) is 40.9. The molecule has 17 heterocycles. The van der Waals surface area contributed by atoms with Gasteiger partial charge in [-0.1, -0.05) is 77.9 Å². The Bertz CT molecular complexity index is 7100. The number of methoxy groups -OCH3 is 3. The SMILES string of the molecule is CC1CCN(C(=O)c2cnc3c(c2)c(Cl)cn3-c2ccc3c(c2)OC(F)(F)O3)CC1.COc1ccc(-n2cc(Cl)c3cc(C(=O)N4CCC(C)CC4)cnc32)cc1.COc1ccc(-n2cc(Cl)c3cc(C(=O)N4CCCCC4)cnc32)cc1.COc1cccc(-n2cc(Cl)c3cc(C(=O)N4CCCCC4)cnc32)c1.O=C(c1cnc2c(c1)c(Cl)cn2-c1ccc2c(c1)OC(F)(F)O2)N1CCCCC1. The van der Waals surface area contributed by atoms with Gasteiger partial charge in [-0.3, -0.25) is 46.8 Å². The minimum absolute atomic E-state index is 0.0318. The second-order valence-electron chi connectivity index (χ2n) is 34.9. The molecule has 0 spiro atoms. The highest BCUT2D eigenvalue weighted by molar-refractivity contribution is 6.37. The van der Waals surface area contributed by atoms with Crippen molar-refractivity contribution >= 4 is 143 Å². The van der Waals surface area contributed by atoms with Crippen molar-refractivity contribution in [1.82, 2.24) is 72.3 Å². The van der Waals surface area contributed by atoms with Gasteiger partial charge >= 0.3 is 12.6 Å². The Hall–Kier alpha value is -13.3. The molecule has 5 aromatic carbocycles. The molecule has 714 valence electrons. The number of ether oxygens (including phenoxy) is 7. The molecule has 138 heavy (non-hydrogen) atoms. The summed E-state index contributed by atoms with van der Waals surface area (Å²) in [4.78, 5) is 95.8. The van der Waals surface area contributed by atoms with E-state index in [1.165, 1.54) is 49.5 Å². The fourth-order valence-corrected chi connectivity index (χ4v) is 19.1. The van der Waals surface area contributed by atoms with Crippen LogP contribution in [0.4, 0.5) is 17.6 Å². The summed E-state index contributed by atoms with van der Waals surface area (Å²) in [6.45, 7) is 12.2. The number of piperidine rings is 5.